The second-order valence-corrected chi connectivity index (χ2v) is 17.4. The molecule has 6 heteroatoms. The largest absolute Gasteiger partial charge is 0.462 e. The van der Waals surface area contributed by atoms with Crippen LogP contribution in [0.1, 0.15) is 284 Å². The number of ether oxygens (including phenoxy) is 3. The van der Waals surface area contributed by atoms with Crippen LogP contribution in [0.5, 0.6) is 0 Å². The summed E-state index contributed by atoms with van der Waals surface area (Å²) < 4.78 is 16.8. The third kappa shape index (κ3) is 45.2. The first kappa shape index (κ1) is 56.1. The van der Waals surface area contributed by atoms with Crippen molar-refractivity contribution in [2.45, 2.75) is 290 Å². The van der Waals surface area contributed by atoms with Gasteiger partial charge in [0, 0.05) is 19.3 Å². The average molecular weight is 819 g/mol. The molecule has 342 valence electrons. The van der Waals surface area contributed by atoms with E-state index in [1.165, 1.54) is 180 Å². The molecule has 0 heterocycles. The minimum absolute atomic E-state index is 0.0674. The van der Waals surface area contributed by atoms with Crippen LogP contribution in [0.25, 0.3) is 0 Å². The Labute approximate surface area is 360 Å². The van der Waals surface area contributed by atoms with Crippen molar-refractivity contribution < 1.29 is 28.6 Å². The van der Waals surface area contributed by atoms with Gasteiger partial charge >= 0.3 is 17.9 Å². The molecular weight excluding hydrogens is 721 g/mol. The molecule has 0 fully saturated rings. The van der Waals surface area contributed by atoms with E-state index in [-0.39, 0.29) is 31.1 Å². The van der Waals surface area contributed by atoms with Gasteiger partial charge in [-0.3, -0.25) is 14.4 Å². The van der Waals surface area contributed by atoms with Crippen LogP contribution in [-0.2, 0) is 28.6 Å². The van der Waals surface area contributed by atoms with Crippen molar-refractivity contribution >= 4 is 17.9 Å². The summed E-state index contributed by atoms with van der Waals surface area (Å²) >= 11 is 0. The minimum Gasteiger partial charge on any atom is -0.462 e. The zero-order valence-corrected chi connectivity index (χ0v) is 39.1. The van der Waals surface area contributed by atoms with E-state index in [1.807, 2.05) is 0 Å². The number of carbonyl (C=O) groups excluding carboxylic acids is 3. The SMILES string of the molecule is CCCCCCCCC/C=C\CCCCCCCC(=O)OC[C@@H](COC(=O)CCCCCCCCCCCCCC)OC(=O)CCCCCCCCCCCCCC. The summed E-state index contributed by atoms with van der Waals surface area (Å²) in [5.74, 6) is -0.861. The van der Waals surface area contributed by atoms with E-state index < -0.39 is 6.10 Å². The predicted octanol–water partition coefficient (Wildman–Crippen LogP) is 16.6. The van der Waals surface area contributed by atoms with Gasteiger partial charge in [0.1, 0.15) is 13.2 Å². The first-order valence-electron chi connectivity index (χ1n) is 25.7. The lowest BCUT2D eigenvalue weighted by Crippen LogP contribution is -2.30. The van der Waals surface area contributed by atoms with Crippen molar-refractivity contribution in [2.24, 2.45) is 0 Å². The maximum Gasteiger partial charge on any atom is 0.306 e. The van der Waals surface area contributed by atoms with Crippen LogP contribution >= 0.6 is 0 Å². The highest BCUT2D eigenvalue weighted by atomic mass is 16.6. The van der Waals surface area contributed by atoms with Gasteiger partial charge in [-0.2, -0.15) is 0 Å². The number of allylic oxidation sites excluding steroid dienone is 2. The zero-order chi connectivity index (χ0) is 42.3. The van der Waals surface area contributed by atoms with Gasteiger partial charge in [-0.05, 0) is 44.9 Å². The third-order valence-corrected chi connectivity index (χ3v) is 11.5. The van der Waals surface area contributed by atoms with Crippen LogP contribution in [0.3, 0.4) is 0 Å². The molecule has 0 saturated carbocycles. The lowest BCUT2D eigenvalue weighted by atomic mass is 10.0. The fraction of sp³-hybridized carbons (Fsp3) is 0.904. The molecule has 0 spiro atoms. The molecule has 0 bridgehead atoms. The summed E-state index contributed by atoms with van der Waals surface area (Å²) in [7, 11) is 0. The molecule has 1 atom stereocenters. The fourth-order valence-corrected chi connectivity index (χ4v) is 7.61. The Morgan fingerprint density at radius 2 is 0.569 bits per heavy atom. The fourth-order valence-electron chi connectivity index (χ4n) is 7.61. The van der Waals surface area contributed by atoms with Gasteiger partial charge in [-0.25, -0.2) is 0 Å². The van der Waals surface area contributed by atoms with Gasteiger partial charge in [0.2, 0.25) is 0 Å². The van der Waals surface area contributed by atoms with Crippen molar-refractivity contribution in [1.29, 1.82) is 0 Å². The van der Waals surface area contributed by atoms with E-state index in [0.717, 1.165) is 64.2 Å². The van der Waals surface area contributed by atoms with Gasteiger partial charge in [0.25, 0.3) is 0 Å². The van der Waals surface area contributed by atoms with Gasteiger partial charge in [-0.1, -0.05) is 232 Å². The van der Waals surface area contributed by atoms with Crippen molar-refractivity contribution in [1.82, 2.24) is 0 Å². The quantitative estimate of drug-likeness (QED) is 0.0263. The molecule has 0 aromatic carbocycles. The van der Waals surface area contributed by atoms with Gasteiger partial charge in [0.05, 0.1) is 0 Å². The molecule has 0 unspecified atom stereocenters. The molecule has 6 nitrogen and oxygen atoms in total. The highest BCUT2D eigenvalue weighted by molar-refractivity contribution is 5.71. The molecule has 0 aliphatic carbocycles. The highest BCUT2D eigenvalue weighted by Crippen LogP contribution is 2.16. The second-order valence-electron chi connectivity index (χ2n) is 17.4. The van der Waals surface area contributed by atoms with Crippen LogP contribution < -0.4 is 0 Å². The molecule has 0 radical (unpaired) electrons. The smallest absolute Gasteiger partial charge is 0.306 e. The van der Waals surface area contributed by atoms with Crippen molar-refractivity contribution in [3.8, 4) is 0 Å². The normalized spacial score (nSPS) is 12.0. The molecule has 0 aliphatic heterocycles. The molecule has 0 amide bonds. The Hall–Kier alpha value is -1.85. The van der Waals surface area contributed by atoms with Crippen molar-refractivity contribution in [3.63, 3.8) is 0 Å². The minimum atomic E-state index is -0.765. The van der Waals surface area contributed by atoms with Crippen molar-refractivity contribution in [3.05, 3.63) is 12.2 Å². The van der Waals surface area contributed by atoms with E-state index >= 15 is 0 Å². The number of carbonyl (C=O) groups is 3. The molecule has 0 rings (SSSR count). The van der Waals surface area contributed by atoms with Gasteiger partial charge < -0.3 is 14.2 Å². The molecular formula is C52H98O6. The number of hydrogen-bond donors (Lipinski definition) is 0. The zero-order valence-electron chi connectivity index (χ0n) is 39.1. The Kier molecular flexibility index (Phi) is 46.3. The Morgan fingerprint density at radius 3 is 0.862 bits per heavy atom. The van der Waals surface area contributed by atoms with Crippen LogP contribution in [0, 0.1) is 0 Å². The summed E-state index contributed by atoms with van der Waals surface area (Å²) in [6.07, 6.45) is 51.9. The standard InChI is InChI=1S/C52H98O6/c1-4-7-10-13-16-19-22-25-26-27-28-31-33-36-39-42-45-51(54)57-48-49(58-52(55)46-43-40-37-34-30-24-21-18-15-12-9-6-3)47-56-50(53)44-41-38-35-32-29-23-20-17-14-11-8-5-2/h26-27,49H,4-25,28-48H2,1-3H3/b27-26-/t49-/m1/s1. The van der Waals surface area contributed by atoms with Crippen LogP contribution in [0.4, 0.5) is 0 Å². The average Bonchev–Trinajstić information content (AvgIpc) is 3.22. The van der Waals surface area contributed by atoms with Crippen LogP contribution in [0.2, 0.25) is 0 Å². The van der Waals surface area contributed by atoms with E-state index in [9.17, 15) is 14.4 Å². The molecule has 0 saturated heterocycles. The third-order valence-electron chi connectivity index (χ3n) is 11.5. The van der Waals surface area contributed by atoms with E-state index in [4.69, 9.17) is 14.2 Å². The second kappa shape index (κ2) is 47.8. The van der Waals surface area contributed by atoms with E-state index in [1.54, 1.807) is 0 Å². The summed E-state index contributed by atoms with van der Waals surface area (Å²) in [6, 6.07) is 0. The van der Waals surface area contributed by atoms with E-state index in [0.29, 0.717) is 19.3 Å². The van der Waals surface area contributed by atoms with Crippen LogP contribution in [0.15, 0.2) is 12.2 Å². The number of unbranched alkanes of at least 4 members (excludes halogenated alkanes) is 34. The Bertz CT molecular complexity index is 900. The number of rotatable bonds is 47. The molecule has 0 aromatic heterocycles. The Morgan fingerprint density at radius 1 is 0.328 bits per heavy atom. The van der Waals surface area contributed by atoms with E-state index in [2.05, 4.69) is 32.9 Å². The summed E-state index contributed by atoms with van der Waals surface area (Å²) in [4.78, 5) is 37.9. The monoisotopic (exact) mass is 819 g/mol. The molecule has 58 heavy (non-hydrogen) atoms. The lowest BCUT2D eigenvalue weighted by molar-refractivity contribution is -0.167. The first-order chi connectivity index (χ1) is 28.5. The van der Waals surface area contributed by atoms with Crippen LogP contribution in [-0.4, -0.2) is 37.2 Å². The summed E-state index contributed by atoms with van der Waals surface area (Å²) in [5.41, 5.74) is 0. The lowest BCUT2D eigenvalue weighted by Gasteiger charge is -2.18. The van der Waals surface area contributed by atoms with Gasteiger partial charge in [0.15, 0.2) is 6.10 Å². The van der Waals surface area contributed by atoms with Gasteiger partial charge in [-0.15, -0.1) is 0 Å². The first-order valence-corrected chi connectivity index (χ1v) is 25.7. The van der Waals surface area contributed by atoms with Crippen molar-refractivity contribution in [2.75, 3.05) is 13.2 Å². The highest BCUT2D eigenvalue weighted by Gasteiger charge is 2.19. The maximum absolute atomic E-state index is 12.8. The number of esters is 3. The summed E-state index contributed by atoms with van der Waals surface area (Å²) in [5, 5.41) is 0. The topological polar surface area (TPSA) is 78.9 Å². The summed E-state index contributed by atoms with van der Waals surface area (Å²) in [6.45, 7) is 6.65. The molecule has 0 N–H and O–H groups in total. The molecule has 0 aromatic rings. The maximum atomic E-state index is 12.8. The Balaban J connectivity index is 4.32. The number of hydrogen-bond acceptors (Lipinski definition) is 6. The molecule has 0 aliphatic rings. The predicted molar refractivity (Wildman–Crippen MR) is 247 cm³/mol.